The number of benzene rings is 1. The lowest BCUT2D eigenvalue weighted by Gasteiger charge is -2.51. The van der Waals surface area contributed by atoms with Gasteiger partial charge in [0, 0.05) is 29.8 Å². The van der Waals surface area contributed by atoms with Gasteiger partial charge in [-0.05, 0) is 51.5 Å². The van der Waals surface area contributed by atoms with E-state index in [0.29, 0.717) is 18.3 Å². The highest BCUT2D eigenvalue weighted by Crippen LogP contribution is 2.46. The standard InChI is InChI=1S/C20H26N2O/c1-13-8-9-14-10-15(13)18(22-19(14,2)3)11-20(23)12-21-17-7-5-4-6-16(17)20/h4-8,12,14-15,18,22-23H,9-11H2,1-3H3. The van der Waals surface area contributed by atoms with Crippen LogP contribution in [0.2, 0.25) is 0 Å². The van der Waals surface area contributed by atoms with Crippen LogP contribution >= 0.6 is 0 Å². The molecule has 3 heteroatoms. The number of fused-ring (bicyclic) bond motifs is 3. The molecule has 0 amide bonds. The summed E-state index contributed by atoms with van der Waals surface area (Å²) in [4.78, 5) is 4.44. The Labute approximate surface area is 138 Å². The number of rotatable bonds is 2. The molecule has 2 bridgehead atoms. The van der Waals surface area contributed by atoms with Crippen molar-refractivity contribution in [2.45, 2.75) is 57.2 Å². The van der Waals surface area contributed by atoms with Crippen LogP contribution in [-0.2, 0) is 5.60 Å². The Kier molecular flexibility index (Phi) is 3.30. The predicted molar refractivity (Wildman–Crippen MR) is 94.1 cm³/mol. The molecule has 122 valence electrons. The minimum atomic E-state index is -0.950. The van der Waals surface area contributed by atoms with Crippen LogP contribution in [0.15, 0.2) is 40.9 Å². The average Bonchev–Trinajstić information content (AvgIpc) is 2.84. The molecule has 1 saturated heterocycles. The van der Waals surface area contributed by atoms with Crippen LogP contribution in [0.3, 0.4) is 0 Å². The van der Waals surface area contributed by atoms with Crippen LogP contribution in [-0.4, -0.2) is 22.9 Å². The number of hydrogen-bond donors (Lipinski definition) is 2. The summed E-state index contributed by atoms with van der Waals surface area (Å²) >= 11 is 0. The molecule has 3 nitrogen and oxygen atoms in total. The zero-order valence-corrected chi connectivity index (χ0v) is 14.2. The number of piperidine rings is 1. The Morgan fingerprint density at radius 3 is 2.91 bits per heavy atom. The molecule has 0 radical (unpaired) electrons. The maximum Gasteiger partial charge on any atom is 0.128 e. The van der Waals surface area contributed by atoms with Crippen LogP contribution in [0.25, 0.3) is 0 Å². The second-order valence-electron chi connectivity index (χ2n) is 8.10. The first-order chi connectivity index (χ1) is 10.9. The van der Waals surface area contributed by atoms with E-state index in [-0.39, 0.29) is 11.6 Å². The molecule has 4 atom stereocenters. The van der Waals surface area contributed by atoms with Gasteiger partial charge < -0.3 is 10.4 Å². The lowest BCUT2D eigenvalue weighted by Crippen LogP contribution is -2.61. The fourth-order valence-electron chi connectivity index (χ4n) is 4.72. The number of allylic oxidation sites excluding steroid dienone is 1. The number of nitrogens with zero attached hydrogens (tertiary/aromatic N) is 1. The van der Waals surface area contributed by atoms with Crippen molar-refractivity contribution < 1.29 is 5.11 Å². The third kappa shape index (κ3) is 2.38. The maximum absolute atomic E-state index is 11.2. The van der Waals surface area contributed by atoms with E-state index in [1.54, 1.807) is 6.21 Å². The average molecular weight is 310 g/mol. The van der Waals surface area contributed by atoms with E-state index in [1.165, 1.54) is 18.4 Å². The first kappa shape index (κ1) is 15.1. The van der Waals surface area contributed by atoms with Crippen LogP contribution in [0, 0.1) is 11.8 Å². The van der Waals surface area contributed by atoms with E-state index in [0.717, 1.165) is 11.3 Å². The Balaban J connectivity index is 1.65. The largest absolute Gasteiger partial charge is 0.379 e. The molecule has 1 aliphatic carbocycles. The summed E-state index contributed by atoms with van der Waals surface area (Å²) in [7, 11) is 0. The minimum Gasteiger partial charge on any atom is -0.379 e. The van der Waals surface area contributed by atoms with Crippen LogP contribution in [0.5, 0.6) is 0 Å². The summed E-state index contributed by atoms with van der Waals surface area (Å²) in [5.41, 5.74) is 2.48. The molecule has 0 aromatic heterocycles. The van der Waals surface area contributed by atoms with Crippen molar-refractivity contribution in [2.24, 2.45) is 16.8 Å². The maximum atomic E-state index is 11.2. The summed E-state index contributed by atoms with van der Waals surface area (Å²) in [6.45, 7) is 6.85. The van der Waals surface area contributed by atoms with E-state index >= 15 is 0 Å². The SMILES string of the molecule is CC1=CCC2CC1C(CC1(O)C=Nc3ccccc31)NC2(C)C. The third-order valence-corrected chi connectivity index (χ3v) is 6.23. The molecule has 0 saturated carbocycles. The minimum absolute atomic E-state index is 0.115. The smallest absolute Gasteiger partial charge is 0.128 e. The van der Waals surface area contributed by atoms with Crippen molar-refractivity contribution in [1.82, 2.24) is 5.32 Å². The molecule has 2 heterocycles. The first-order valence-electron chi connectivity index (χ1n) is 8.70. The summed E-state index contributed by atoms with van der Waals surface area (Å²) in [5.74, 6) is 1.21. The van der Waals surface area contributed by atoms with E-state index in [4.69, 9.17) is 0 Å². The number of para-hydroxylation sites is 1. The van der Waals surface area contributed by atoms with E-state index in [2.05, 4.69) is 37.2 Å². The van der Waals surface area contributed by atoms with Gasteiger partial charge in [-0.3, -0.25) is 4.99 Å². The van der Waals surface area contributed by atoms with Crippen molar-refractivity contribution in [3.63, 3.8) is 0 Å². The summed E-state index contributed by atoms with van der Waals surface area (Å²) in [6.07, 6.45) is 7.22. The van der Waals surface area contributed by atoms with Gasteiger partial charge in [0.1, 0.15) is 5.60 Å². The first-order valence-corrected chi connectivity index (χ1v) is 8.70. The molecule has 2 aliphatic heterocycles. The zero-order chi connectivity index (χ0) is 16.2. The molecule has 23 heavy (non-hydrogen) atoms. The summed E-state index contributed by atoms with van der Waals surface area (Å²) in [6, 6.07) is 8.22. The van der Waals surface area contributed by atoms with Gasteiger partial charge in [0.15, 0.2) is 0 Å². The fourth-order valence-corrected chi connectivity index (χ4v) is 4.72. The number of hydrogen-bond acceptors (Lipinski definition) is 3. The summed E-state index contributed by atoms with van der Waals surface area (Å²) < 4.78 is 0. The second kappa shape index (κ2) is 5.02. The highest BCUT2D eigenvalue weighted by Gasteiger charge is 2.47. The van der Waals surface area contributed by atoms with Crippen LogP contribution < -0.4 is 5.32 Å². The van der Waals surface area contributed by atoms with Crippen molar-refractivity contribution in [3.05, 3.63) is 41.5 Å². The molecule has 1 aromatic carbocycles. The Morgan fingerprint density at radius 2 is 2.09 bits per heavy atom. The fraction of sp³-hybridized carbons (Fsp3) is 0.550. The lowest BCUT2D eigenvalue weighted by atomic mass is 9.65. The second-order valence-corrected chi connectivity index (χ2v) is 8.10. The quantitative estimate of drug-likeness (QED) is 0.818. The van der Waals surface area contributed by atoms with E-state index < -0.39 is 5.60 Å². The van der Waals surface area contributed by atoms with E-state index in [9.17, 15) is 5.11 Å². The number of aliphatic imine (C=N–C) groups is 1. The molecule has 4 rings (SSSR count). The predicted octanol–water partition coefficient (Wildman–Crippen LogP) is 3.70. The number of aliphatic hydroxyl groups is 1. The Hall–Kier alpha value is -1.45. The highest BCUT2D eigenvalue weighted by molar-refractivity contribution is 5.83. The normalized spacial score (nSPS) is 37.4. The van der Waals surface area contributed by atoms with Gasteiger partial charge in [0.2, 0.25) is 0 Å². The topological polar surface area (TPSA) is 44.6 Å². The van der Waals surface area contributed by atoms with Gasteiger partial charge in [-0.15, -0.1) is 0 Å². The van der Waals surface area contributed by atoms with Crippen LogP contribution in [0.4, 0.5) is 5.69 Å². The van der Waals surface area contributed by atoms with Gasteiger partial charge in [-0.1, -0.05) is 29.8 Å². The summed E-state index contributed by atoms with van der Waals surface area (Å²) in [5, 5.41) is 15.1. The molecule has 4 unspecified atom stereocenters. The molecule has 1 fully saturated rings. The van der Waals surface area contributed by atoms with Crippen LogP contribution in [0.1, 0.15) is 45.6 Å². The van der Waals surface area contributed by atoms with Gasteiger partial charge in [-0.2, -0.15) is 0 Å². The van der Waals surface area contributed by atoms with Gasteiger partial charge >= 0.3 is 0 Å². The van der Waals surface area contributed by atoms with Gasteiger partial charge in [-0.25, -0.2) is 0 Å². The monoisotopic (exact) mass is 310 g/mol. The van der Waals surface area contributed by atoms with Gasteiger partial charge in [0.25, 0.3) is 0 Å². The third-order valence-electron chi connectivity index (χ3n) is 6.23. The van der Waals surface area contributed by atoms with Crippen molar-refractivity contribution >= 4 is 11.9 Å². The molecular weight excluding hydrogens is 284 g/mol. The molecule has 0 spiro atoms. The molecule has 1 aromatic rings. The van der Waals surface area contributed by atoms with Crippen molar-refractivity contribution in [1.29, 1.82) is 0 Å². The Bertz CT molecular complexity index is 691. The molecule has 2 N–H and O–H groups in total. The molecule has 3 aliphatic rings. The number of nitrogens with one attached hydrogen (secondary N) is 1. The van der Waals surface area contributed by atoms with Crippen molar-refractivity contribution in [2.75, 3.05) is 0 Å². The lowest BCUT2D eigenvalue weighted by molar-refractivity contribution is 0.0444. The van der Waals surface area contributed by atoms with Crippen molar-refractivity contribution in [3.8, 4) is 0 Å². The zero-order valence-electron chi connectivity index (χ0n) is 14.2. The van der Waals surface area contributed by atoms with E-state index in [1.807, 2.05) is 24.3 Å². The highest BCUT2D eigenvalue weighted by atomic mass is 16.3. The molecular formula is C20H26N2O. The Morgan fingerprint density at radius 1 is 1.30 bits per heavy atom. The van der Waals surface area contributed by atoms with Gasteiger partial charge in [0.05, 0.1) is 5.69 Å².